The van der Waals surface area contributed by atoms with Gasteiger partial charge in [0, 0.05) is 0 Å². The fraction of sp³-hybridized carbons (Fsp3) is 0.625. The predicted octanol–water partition coefficient (Wildman–Crippen LogP) is 5.81. The van der Waals surface area contributed by atoms with E-state index in [0.29, 0.717) is 5.92 Å². The van der Waals surface area contributed by atoms with E-state index in [4.69, 9.17) is 0 Å². The lowest BCUT2D eigenvalue weighted by molar-refractivity contribution is -0.137. The second kappa shape index (κ2) is 6.44. The van der Waals surface area contributed by atoms with Crippen LogP contribution in [0.25, 0.3) is 0 Å². The second-order valence-electron chi connectivity index (χ2n) is 5.90. The average Bonchev–Trinajstić information content (AvgIpc) is 2.26. The maximum atomic E-state index is 12.9. The van der Waals surface area contributed by atoms with E-state index < -0.39 is 11.7 Å². The van der Waals surface area contributed by atoms with Gasteiger partial charge in [0.2, 0.25) is 0 Å². The molecule has 0 nitrogen and oxygen atoms in total. The van der Waals surface area contributed by atoms with Crippen LogP contribution in [0, 0.1) is 5.92 Å². The van der Waals surface area contributed by atoms with Crippen LogP contribution in [-0.4, -0.2) is 0 Å². The Morgan fingerprint density at radius 1 is 1.00 bits per heavy atom. The highest BCUT2D eigenvalue weighted by atomic mass is 19.4. The van der Waals surface area contributed by atoms with Crippen molar-refractivity contribution in [3.05, 3.63) is 34.9 Å². The van der Waals surface area contributed by atoms with Crippen molar-refractivity contribution in [3.63, 3.8) is 0 Å². The molecule has 0 saturated heterocycles. The minimum absolute atomic E-state index is 0.117. The summed E-state index contributed by atoms with van der Waals surface area (Å²) >= 11 is 0. The maximum Gasteiger partial charge on any atom is 0.416 e. The highest BCUT2D eigenvalue weighted by molar-refractivity contribution is 5.33. The Kier molecular flexibility index (Phi) is 5.45. The van der Waals surface area contributed by atoms with Crippen molar-refractivity contribution in [1.29, 1.82) is 0 Å². The molecule has 19 heavy (non-hydrogen) atoms. The van der Waals surface area contributed by atoms with E-state index >= 15 is 0 Å². The zero-order chi connectivity index (χ0) is 14.6. The molecule has 0 amide bonds. The molecule has 3 heteroatoms. The standard InChI is InChI=1S/C16H23F3/c1-11(2)6-5-7-13-8-14(12(3)4)10-15(9-13)16(17,18)19/h8-12H,5-7H2,1-4H3. The van der Waals surface area contributed by atoms with Crippen LogP contribution in [0.2, 0.25) is 0 Å². The van der Waals surface area contributed by atoms with Gasteiger partial charge in [-0.05, 0) is 47.9 Å². The highest BCUT2D eigenvalue weighted by Gasteiger charge is 2.31. The lowest BCUT2D eigenvalue weighted by Gasteiger charge is -2.14. The van der Waals surface area contributed by atoms with E-state index in [0.717, 1.165) is 30.4 Å². The Bertz CT molecular complexity index is 403. The molecule has 0 saturated carbocycles. The predicted molar refractivity (Wildman–Crippen MR) is 73.3 cm³/mol. The van der Waals surface area contributed by atoms with Crippen LogP contribution in [0.15, 0.2) is 18.2 Å². The lowest BCUT2D eigenvalue weighted by Crippen LogP contribution is -2.07. The number of halogens is 3. The molecule has 1 aromatic rings. The molecular formula is C16H23F3. The van der Waals surface area contributed by atoms with Gasteiger partial charge in [0.25, 0.3) is 0 Å². The zero-order valence-electron chi connectivity index (χ0n) is 12.1. The van der Waals surface area contributed by atoms with Crippen LogP contribution in [0.3, 0.4) is 0 Å². The minimum Gasteiger partial charge on any atom is -0.166 e. The summed E-state index contributed by atoms with van der Waals surface area (Å²) < 4.78 is 38.6. The van der Waals surface area contributed by atoms with Crippen molar-refractivity contribution in [3.8, 4) is 0 Å². The van der Waals surface area contributed by atoms with Gasteiger partial charge in [-0.3, -0.25) is 0 Å². The maximum absolute atomic E-state index is 12.9. The normalized spacial score (nSPS) is 12.5. The molecule has 0 N–H and O–H groups in total. The van der Waals surface area contributed by atoms with Crippen LogP contribution in [0.1, 0.15) is 63.1 Å². The van der Waals surface area contributed by atoms with E-state index in [1.165, 1.54) is 12.1 Å². The van der Waals surface area contributed by atoms with Gasteiger partial charge in [0.15, 0.2) is 0 Å². The van der Waals surface area contributed by atoms with E-state index in [-0.39, 0.29) is 5.92 Å². The van der Waals surface area contributed by atoms with Gasteiger partial charge in [0.1, 0.15) is 0 Å². The molecule has 0 aliphatic carbocycles. The third-order valence-corrected chi connectivity index (χ3v) is 3.26. The largest absolute Gasteiger partial charge is 0.416 e. The van der Waals surface area contributed by atoms with Crippen LogP contribution in [0.4, 0.5) is 13.2 Å². The topological polar surface area (TPSA) is 0 Å². The van der Waals surface area contributed by atoms with Gasteiger partial charge >= 0.3 is 6.18 Å². The Morgan fingerprint density at radius 3 is 2.11 bits per heavy atom. The molecule has 0 atom stereocenters. The molecule has 1 rings (SSSR count). The Labute approximate surface area is 114 Å². The molecule has 0 spiro atoms. The first-order valence-electron chi connectivity index (χ1n) is 6.91. The molecular weight excluding hydrogens is 249 g/mol. The van der Waals surface area contributed by atoms with Gasteiger partial charge in [-0.1, -0.05) is 40.2 Å². The van der Waals surface area contributed by atoms with Crippen molar-refractivity contribution in [2.45, 2.75) is 59.1 Å². The Balaban J connectivity index is 2.94. The third kappa shape index (κ3) is 5.25. The third-order valence-electron chi connectivity index (χ3n) is 3.26. The highest BCUT2D eigenvalue weighted by Crippen LogP contribution is 2.32. The van der Waals surface area contributed by atoms with Crippen molar-refractivity contribution in [1.82, 2.24) is 0 Å². The van der Waals surface area contributed by atoms with E-state index in [2.05, 4.69) is 13.8 Å². The molecule has 0 aliphatic heterocycles. The van der Waals surface area contributed by atoms with Crippen molar-refractivity contribution < 1.29 is 13.2 Å². The summed E-state index contributed by atoms with van der Waals surface area (Å²) in [6, 6.07) is 4.49. The van der Waals surface area contributed by atoms with E-state index in [1.54, 1.807) is 0 Å². The molecule has 0 heterocycles. The minimum atomic E-state index is -4.25. The van der Waals surface area contributed by atoms with Crippen molar-refractivity contribution >= 4 is 0 Å². The molecule has 0 aliphatic rings. The average molecular weight is 272 g/mol. The molecule has 0 aromatic heterocycles. The van der Waals surface area contributed by atoms with Crippen molar-refractivity contribution in [2.75, 3.05) is 0 Å². The summed E-state index contributed by atoms with van der Waals surface area (Å²) in [5.41, 5.74) is 1.06. The number of benzene rings is 1. The van der Waals surface area contributed by atoms with Crippen LogP contribution in [-0.2, 0) is 12.6 Å². The summed E-state index contributed by atoms with van der Waals surface area (Å²) in [5.74, 6) is 0.710. The first kappa shape index (κ1) is 16.1. The fourth-order valence-electron chi connectivity index (χ4n) is 2.07. The van der Waals surface area contributed by atoms with E-state index in [1.807, 2.05) is 19.9 Å². The molecule has 0 unspecified atom stereocenters. The van der Waals surface area contributed by atoms with Crippen LogP contribution >= 0.6 is 0 Å². The molecule has 0 fully saturated rings. The number of hydrogen-bond acceptors (Lipinski definition) is 0. The van der Waals surface area contributed by atoms with Gasteiger partial charge in [-0.15, -0.1) is 0 Å². The van der Waals surface area contributed by atoms with Gasteiger partial charge in [-0.2, -0.15) is 13.2 Å². The van der Waals surface area contributed by atoms with Crippen molar-refractivity contribution in [2.24, 2.45) is 5.92 Å². The zero-order valence-corrected chi connectivity index (χ0v) is 12.1. The van der Waals surface area contributed by atoms with Gasteiger partial charge < -0.3 is 0 Å². The SMILES string of the molecule is CC(C)CCCc1cc(C(C)C)cc(C(F)(F)F)c1. The summed E-state index contributed by atoms with van der Waals surface area (Å²) in [6.07, 6.45) is -1.54. The van der Waals surface area contributed by atoms with Gasteiger partial charge in [0.05, 0.1) is 5.56 Å². The second-order valence-corrected chi connectivity index (χ2v) is 5.90. The van der Waals surface area contributed by atoms with Crippen LogP contribution < -0.4 is 0 Å². The number of hydrogen-bond donors (Lipinski definition) is 0. The number of alkyl halides is 3. The first-order chi connectivity index (χ1) is 8.70. The summed E-state index contributed by atoms with van der Waals surface area (Å²) in [4.78, 5) is 0. The quantitative estimate of drug-likeness (QED) is 0.634. The monoisotopic (exact) mass is 272 g/mol. The number of aryl methyl sites for hydroxylation is 1. The smallest absolute Gasteiger partial charge is 0.166 e. The molecule has 108 valence electrons. The summed E-state index contributed by atoms with van der Waals surface area (Å²) in [5, 5.41) is 0. The lowest BCUT2D eigenvalue weighted by atomic mass is 9.94. The Morgan fingerprint density at radius 2 is 1.63 bits per heavy atom. The van der Waals surface area contributed by atoms with Crippen LogP contribution in [0.5, 0.6) is 0 Å². The summed E-state index contributed by atoms with van der Waals surface area (Å²) in [7, 11) is 0. The van der Waals surface area contributed by atoms with E-state index in [9.17, 15) is 13.2 Å². The molecule has 0 radical (unpaired) electrons. The molecule has 1 aromatic carbocycles. The fourth-order valence-corrected chi connectivity index (χ4v) is 2.07. The molecule has 0 bridgehead atoms. The Hall–Kier alpha value is -0.990. The van der Waals surface area contributed by atoms with Gasteiger partial charge in [-0.25, -0.2) is 0 Å². The summed E-state index contributed by atoms with van der Waals surface area (Å²) in [6.45, 7) is 8.11. The number of rotatable bonds is 5. The first-order valence-corrected chi connectivity index (χ1v) is 6.91.